The van der Waals surface area contributed by atoms with E-state index in [1.807, 2.05) is 72.3 Å². The average molecular weight is 392 g/mol. The molecule has 7 heteroatoms. The van der Waals surface area contributed by atoms with Gasteiger partial charge in [-0.25, -0.2) is 0 Å². The quantitative estimate of drug-likeness (QED) is 0.534. The summed E-state index contributed by atoms with van der Waals surface area (Å²) in [5.41, 5.74) is 3.62. The number of hydrogen-bond donors (Lipinski definition) is 1. The maximum atomic E-state index is 12.4. The molecule has 0 spiro atoms. The summed E-state index contributed by atoms with van der Waals surface area (Å²) in [7, 11) is 0. The molecule has 6 nitrogen and oxygen atoms in total. The predicted octanol–water partition coefficient (Wildman–Crippen LogP) is 4.20. The molecule has 4 aromatic rings. The van der Waals surface area contributed by atoms with Crippen molar-refractivity contribution in [1.29, 1.82) is 0 Å². The average Bonchev–Trinajstić information content (AvgIpc) is 3.45. The number of carbonyl (C=O) groups is 1. The first kappa shape index (κ1) is 18.2. The number of aryl methyl sites for hydroxylation is 1. The molecule has 1 N–H and O–H groups in total. The molecule has 0 aliphatic rings. The van der Waals surface area contributed by atoms with E-state index in [1.165, 1.54) is 0 Å². The van der Waals surface area contributed by atoms with E-state index in [4.69, 9.17) is 4.42 Å². The highest BCUT2D eigenvalue weighted by molar-refractivity contribution is 7.09. The number of nitrogens with zero attached hydrogens (tertiary/aromatic N) is 3. The molecule has 1 amide bonds. The molecule has 0 aliphatic heterocycles. The van der Waals surface area contributed by atoms with Crippen molar-refractivity contribution in [3.05, 3.63) is 70.2 Å². The fourth-order valence-corrected chi connectivity index (χ4v) is 3.73. The standard InChI is InChI=1S/C21H20N4O2S/c1-14-11-18(21-24-23-20(27-21)16-7-4-3-5-8-16)15(2)25(14)13-19(26)22-12-17-9-6-10-28-17/h3-11H,12-13H2,1-2H3,(H,22,26). The van der Waals surface area contributed by atoms with Gasteiger partial charge in [0.25, 0.3) is 0 Å². The number of carbonyl (C=O) groups excluding carboxylic acids is 1. The SMILES string of the molecule is Cc1cc(-c2nnc(-c3ccccc3)o2)c(C)n1CC(=O)NCc1cccs1. The lowest BCUT2D eigenvalue weighted by atomic mass is 10.2. The molecular weight excluding hydrogens is 372 g/mol. The molecule has 1 aromatic carbocycles. The van der Waals surface area contributed by atoms with Gasteiger partial charge in [-0.3, -0.25) is 4.79 Å². The van der Waals surface area contributed by atoms with Gasteiger partial charge < -0.3 is 14.3 Å². The van der Waals surface area contributed by atoms with Gasteiger partial charge in [0.05, 0.1) is 12.1 Å². The minimum atomic E-state index is -0.0303. The molecule has 28 heavy (non-hydrogen) atoms. The van der Waals surface area contributed by atoms with Gasteiger partial charge >= 0.3 is 0 Å². The van der Waals surface area contributed by atoms with Crippen LogP contribution in [0.4, 0.5) is 0 Å². The Kier molecular flexibility index (Phi) is 5.08. The van der Waals surface area contributed by atoms with Gasteiger partial charge in [-0.15, -0.1) is 21.5 Å². The number of amides is 1. The van der Waals surface area contributed by atoms with Gasteiger partial charge in [0, 0.05) is 21.8 Å². The zero-order valence-electron chi connectivity index (χ0n) is 15.7. The summed E-state index contributed by atoms with van der Waals surface area (Å²) in [6, 6.07) is 15.6. The lowest BCUT2D eigenvalue weighted by Crippen LogP contribution is -2.27. The summed E-state index contributed by atoms with van der Waals surface area (Å²) in [4.78, 5) is 13.5. The second-order valence-electron chi connectivity index (χ2n) is 6.51. The van der Waals surface area contributed by atoms with E-state index in [1.54, 1.807) is 11.3 Å². The maximum Gasteiger partial charge on any atom is 0.249 e. The Balaban J connectivity index is 1.51. The van der Waals surface area contributed by atoms with E-state index in [2.05, 4.69) is 15.5 Å². The van der Waals surface area contributed by atoms with Crippen molar-refractivity contribution in [2.45, 2.75) is 26.9 Å². The molecule has 0 bridgehead atoms. The third-order valence-electron chi connectivity index (χ3n) is 4.59. The lowest BCUT2D eigenvalue weighted by molar-refractivity contribution is -0.121. The second kappa shape index (κ2) is 7.82. The summed E-state index contributed by atoms with van der Waals surface area (Å²) in [5.74, 6) is 0.906. The molecule has 3 heterocycles. The molecule has 142 valence electrons. The zero-order valence-corrected chi connectivity index (χ0v) is 16.5. The summed E-state index contributed by atoms with van der Waals surface area (Å²) in [5, 5.41) is 13.3. The van der Waals surface area contributed by atoms with Crippen molar-refractivity contribution in [2.24, 2.45) is 0 Å². The predicted molar refractivity (Wildman–Crippen MR) is 109 cm³/mol. The molecule has 4 rings (SSSR count). The van der Waals surface area contributed by atoms with E-state index in [9.17, 15) is 4.79 Å². The number of aromatic nitrogens is 3. The summed E-state index contributed by atoms with van der Waals surface area (Å²) in [6.07, 6.45) is 0. The Morgan fingerprint density at radius 3 is 2.64 bits per heavy atom. The van der Waals surface area contributed by atoms with Crippen LogP contribution in [0, 0.1) is 13.8 Å². The molecule has 0 saturated carbocycles. The smallest absolute Gasteiger partial charge is 0.249 e. The number of hydrogen-bond acceptors (Lipinski definition) is 5. The van der Waals surface area contributed by atoms with Gasteiger partial charge in [0.2, 0.25) is 17.7 Å². The van der Waals surface area contributed by atoms with Gasteiger partial charge in [0.1, 0.15) is 6.54 Å². The van der Waals surface area contributed by atoms with Crippen molar-refractivity contribution in [3.63, 3.8) is 0 Å². The van der Waals surface area contributed by atoms with Crippen molar-refractivity contribution >= 4 is 17.2 Å². The van der Waals surface area contributed by atoms with Crippen LogP contribution < -0.4 is 5.32 Å². The van der Waals surface area contributed by atoms with E-state index < -0.39 is 0 Å². The maximum absolute atomic E-state index is 12.4. The normalized spacial score (nSPS) is 10.9. The van der Waals surface area contributed by atoms with Gasteiger partial charge in [-0.1, -0.05) is 24.3 Å². The van der Waals surface area contributed by atoms with Crippen LogP contribution in [-0.4, -0.2) is 20.7 Å². The molecule has 0 radical (unpaired) electrons. The van der Waals surface area contributed by atoms with Crippen LogP contribution >= 0.6 is 11.3 Å². The van der Waals surface area contributed by atoms with Crippen LogP contribution in [0.15, 0.2) is 58.3 Å². The van der Waals surface area contributed by atoms with E-state index in [0.29, 0.717) is 18.3 Å². The van der Waals surface area contributed by atoms with Crippen molar-refractivity contribution in [2.75, 3.05) is 0 Å². The fourth-order valence-electron chi connectivity index (χ4n) is 3.09. The third-order valence-corrected chi connectivity index (χ3v) is 5.47. The van der Waals surface area contributed by atoms with Gasteiger partial charge in [0.15, 0.2) is 0 Å². The first-order chi connectivity index (χ1) is 13.6. The van der Waals surface area contributed by atoms with Crippen LogP contribution in [0.25, 0.3) is 22.9 Å². The third kappa shape index (κ3) is 3.75. The van der Waals surface area contributed by atoms with Crippen LogP contribution in [0.1, 0.15) is 16.3 Å². The monoisotopic (exact) mass is 392 g/mol. The van der Waals surface area contributed by atoms with Crippen molar-refractivity contribution < 1.29 is 9.21 Å². The van der Waals surface area contributed by atoms with E-state index in [-0.39, 0.29) is 12.5 Å². The van der Waals surface area contributed by atoms with Crippen LogP contribution in [-0.2, 0) is 17.9 Å². The van der Waals surface area contributed by atoms with Crippen LogP contribution in [0.2, 0.25) is 0 Å². The summed E-state index contributed by atoms with van der Waals surface area (Å²) < 4.78 is 7.84. The Labute approximate surface area is 166 Å². The van der Waals surface area contributed by atoms with Crippen molar-refractivity contribution in [1.82, 2.24) is 20.1 Å². The molecule has 0 aliphatic carbocycles. The summed E-state index contributed by atoms with van der Waals surface area (Å²) in [6.45, 7) is 4.73. The molecule has 0 unspecified atom stereocenters. The van der Waals surface area contributed by atoms with Gasteiger partial charge in [-0.2, -0.15) is 0 Å². The van der Waals surface area contributed by atoms with E-state index >= 15 is 0 Å². The van der Waals surface area contributed by atoms with Crippen molar-refractivity contribution in [3.8, 4) is 22.9 Å². The highest BCUT2D eigenvalue weighted by Gasteiger charge is 2.18. The second-order valence-corrected chi connectivity index (χ2v) is 7.54. The Bertz CT molecular complexity index is 1080. The number of nitrogens with one attached hydrogen (secondary N) is 1. The molecule has 0 fully saturated rings. The number of rotatable bonds is 6. The lowest BCUT2D eigenvalue weighted by Gasteiger charge is -2.09. The first-order valence-corrected chi connectivity index (χ1v) is 9.85. The fraction of sp³-hybridized carbons (Fsp3) is 0.190. The number of thiophene rings is 1. The minimum absolute atomic E-state index is 0.0303. The van der Waals surface area contributed by atoms with E-state index in [0.717, 1.165) is 27.4 Å². The molecular formula is C21H20N4O2S. The molecule has 0 atom stereocenters. The first-order valence-electron chi connectivity index (χ1n) is 8.97. The summed E-state index contributed by atoms with van der Waals surface area (Å²) >= 11 is 1.63. The Morgan fingerprint density at radius 2 is 1.89 bits per heavy atom. The largest absolute Gasteiger partial charge is 0.416 e. The van der Waals surface area contributed by atoms with Gasteiger partial charge in [-0.05, 0) is 43.5 Å². The molecule has 3 aromatic heterocycles. The zero-order chi connectivity index (χ0) is 19.5. The minimum Gasteiger partial charge on any atom is -0.416 e. The van der Waals surface area contributed by atoms with Crippen LogP contribution in [0.3, 0.4) is 0 Å². The Hall–Kier alpha value is -3.19. The van der Waals surface area contributed by atoms with Crippen LogP contribution in [0.5, 0.6) is 0 Å². The topological polar surface area (TPSA) is 73.0 Å². The number of benzene rings is 1. The Morgan fingerprint density at radius 1 is 1.11 bits per heavy atom. The molecule has 0 saturated heterocycles. The highest BCUT2D eigenvalue weighted by atomic mass is 32.1. The highest BCUT2D eigenvalue weighted by Crippen LogP contribution is 2.28.